The predicted molar refractivity (Wildman–Crippen MR) is 79.2 cm³/mol. The maximum Gasteiger partial charge on any atom is 0.257 e. The molecular formula is C13H17ClN2O4S. The van der Waals surface area contributed by atoms with E-state index in [0.29, 0.717) is 24.6 Å². The highest BCUT2D eigenvalue weighted by Crippen LogP contribution is 2.22. The molecular weight excluding hydrogens is 316 g/mol. The molecule has 1 aromatic heterocycles. The lowest BCUT2D eigenvalue weighted by Gasteiger charge is -2.28. The van der Waals surface area contributed by atoms with Gasteiger partial charge in [0.05, 0.1) is 28.7 Å². The summed E-state index contributed by atoms with van der Waals surface area (Å²) in [4.78, 5) is 18.0. The first kappa shape index (κ1) is 16.2. The van der Waals surface area contributed by atoms with Crippen molar-refractivity contribution in [3.8, 4) is 0 Å². The van der Waals surface area contributed by atoms with Gasteiger partial charge in [0, 0.05) is 32.1 Å². The van der Waals surface area contributed by atoms with Crippen LogP contribution in [0, 0.1) is 0 Å². The van der Waals surface area contributed by atoms with E-state index in [1.807, 2.05) is 0 Å². The number of pyridine rings is 1. The highest BCUT2D eigenvalue weighted by atomic mass is 35.5. The Balaban J connectivity index is 2.24. The lowest BCUT2D eigenvalue weighted by molar-refractivity contribution is 0.0624. The normalized spacial score (nSPS) is 20.4. The van der Waals surface area contributed by atoms with Crippen molar-refractivity contribution in [2.24, 2.45) is 0 Å². The highest BCUT2D eigenvalue weighted by molar-refractivity contribution is 7.91. The lowest BCUT2D eigenvalue weighted by atomic mass is 10.1. The number of ether oxygens (including phenoxy) is 1. The molecule has 2 rings (SSSR count). The molecule has 1 aromatic rings. The molecule has 2 heterocycles. The van der Waals surface area contributed by atoms with E-state index >= 15 is 0 Å². The third-order valence-corrected chi connectivity index (χ3v) is 5.52. The van der Waals surface area contributed by atoms with Crippen LogP contribution in [0.1, 0.15) is 16.8 Å². The van der Waals surface area contributed by atoms with Crippen molar-refractivity contribution in [1.29, 1.82) is 0 Å². The van der Waals surface area contributed by atoms with Gasteiger partial charge in [-0.05, 0) is 12.5 Å². The number of carbonyl (C=O) groups excluding carboxylic acids is 1. The van der Waals surface area contributed by atoms with Crippen LogP contribution in [-0.2, 0) is 14.6 Å². The maximum atomic E-state index is 12.6. The summed E-state index contributed by atoms with van der Waals surface area (Å²) < 4.78 is 28.3. The summed E-state index contributed by atoms with van der Waals surface area (Å²) in [5.41, 5.74) is 0.277. The number of halogens is 1. The van der Waals surface area contributed by atoms with Gasteiger partial charge < -0.3 is 9.64 Å². The van der Waals surface area contributed by atoms with E-state index in [0.717, 1.165) is 0 Å². The number of aromatic nitrogens is 1. The van der Waals surface area contributed by atoms with Crippen LogP contribution in [0.2, 0.25) is 5.02 Å². The monoisotopic (exact) mass is 332 g/mol. The molecule has 0 spiro atoms. The van der Waals surface area contributed by atoms with Crippen molar-refractivity contribution in [1.82, 2.24) is 9.88 Å². The topological polar surface area (TPSA) is 76.6 Å². The number of nitrogens with zero attached hydrogens (tertiary/aromatic N) is 2. The minimum atomic E-state index is -3.07. The van der Waals surface area contributed by atoms with E-state index in [-0.39, 0.29) is 29.0 Å². The Morgan fingerprint density at radius 1 is 1.57 bits per heavy atom. The van der Waals surface area contributed by atoms with Crippen LogP contribution in [0.15, 0.2) is 18.5 Å². The van der Waals surface area contributed by atoms with E-state index in [2.05, 4.69) is 4.98 Å². The number of carbonyl (C=O) groups is 1. The Hall–Kier alpha value is -1.18. The van der Waals surface area contributed by atoms with Gasteiger partial charge in [-0.1, -0.05) is 11.6 Å². The molecule has 8 heteroatoms. The zero-order valence-corrected chi connectivity index (χ0v) is 13.2. The predicted octanol–water partition coefficient (Wildman–Crippen LogP) is 1.01. The second-order valence-corrected chi connectivity index (χ2v) is 7.54. The zero-order valence-electron chi connectivity index (χ0n) is 11.7. The third kappa shape index (κ3) is 3.93. The van der Waals surface area contributed by atoms with E-state index in [9.17, 15) is 13.2 Å². The van der Waals surface area contributed by atoms with Crippen molar-refractivity contribution in [2.45, 2.75) is 12.5 Å². The van der Waals surface area contributed by atoms with Gasteiger partial charge in [0.25, 0.3) is 5.91 Å². The second kappa shape index (κ2) is 6.72. The fraction of sp³-hybridized carbons (Fsp3) is 0.538. The van der Waals surface area contributed by atoms with E-state index < -0.39 is 9.84 Å². The molecule has 1 atom stereocenters. The number of hydrogen-bond donors (Lipinski definition) is 0. The maximum absolute atomic E-state index is 12.6. The van der Waals surface area contributed by atoms with Crippen LogP contribution >= 0.6 is 11.6 Å². The lowest BCUT2D eigenvalue weighted by Crippen LogP contribution is -2.43. The Kier molecular flexibility index (Phi) is 5.18. The molecule has 0 radical (unpaired) electrons. The molecule has 0 N–H and O–H groups in total. The second-order valence-electron chi connectivity index (χ2n) is 4.90. The first-order valence-corrected chi connectivity index (χ1v) is 8.74. The molecule has 0 bridgehead atoms. The molecule has 0 aliphatic carbocycles. The first-order valence-electron chi connectivity index (χ1n) is 6.54. The minimum absolute atomic E-state index is 0.0136. The average Bonchev–Trinajstić information content (AvgIpc) is 2.79. The summed E-state index contributed by atoms with van der Waals surface area (Å²) in [7, 11) is -1.54. The van der Waals surface area contributed by atoms with Crippen LogP contribution < -0.4 is 0 Å². The molecule has 21 heavy (non-hydrogen) atoms. The van der Waals surface area contributed by atoms with Gasteiger partial charge in [-0.15, -0.1) is 0 Å². The molecule has 6 nitrogen and oxygen atoms in total. The van der Waals surface area contributed by atoms with Crippen LogP contribution in [-0.4, -0.2) is 62.0 Å². The summed E-state index contributed by atoms with van der Waals surface area (Å²) in [5, 5.41) is 0.304. The quantitative estimate of drug-likeness (QED) is 0.804. The van der Waals surface area contributed by atoms with Gasteiger partial charge in [0.15, 0.2) is 9.84 Å². The number of hydrogen-bond acceptors (Lipinski definition) is 5. The van der Waals surface area contributed by atoms with Crippen molar-refractivity contribution >= 4 is 27.3 Å². The van der Waals surface area contributed by atoms with E-state index in [1.54, 1.807) is 0 Å². The number of methoxy groups -OCH3 is 1. The Bertz CT molecular complexity index is 620. The summed E-state index contributed by atoms with van der Waals surface area (Å²) >= 11 is 6.02. The molecule has 0 aromatic carbocycles. The molecule has 1 fully saturated rings. The zero-order chi connectivity index (χ0) is 15.5. The van der Waals surface area contributed by atoms with Gasteiger partial charge >= 0.3 is 0 Å². The van der Waals surface area contributed by atoms with Crippen molar-refractivity contribution in [3.05, 3.63) is 29.0 Å². The van der Waals surface area contributed by atoms with Crippen LogP contribution in [0.5, 0.6) is 0 Å². The number of amides is 1. The van der Waals surface area contributed by atoms with E-state index in [1.165, 1.54) is 30.5 Å². The molecule has 1 aliphatic rings. The Morgan fingerprint density at radius 2 is 2.33 bits per heavy atom. The van der Waals surface area contributed by atoms with Crippen molar-refractivity contribution < 1.29 is 17.9 Å². The molecule has 1 aliphatic heterocycles. The third-order valence-electron chi connectivity index (χ3n) is 3.44. The van der Waals surface area contributed by atoms with Gasteiger partial charge in [0.1, 0.15) is 0 Å². The van der Waals surface area contributed by atoms with Gasteiger partial charge in [-0.3, -0.25) is 9.78 Å². The van der Waals surface area contributed by atoms with Crippen LogP contribution in [0.4, 0.5) is 0 Å². The number of sulfone groups is 1. The van der Waals surface area contributed by atoms with Crippen LogP contribution in [0.3, 0.4) is 0 Å². The summed E-state index contributed by atoms with van der Waals surface area (Å²) in [5.74, 6) is -0.220. The fourth-order valence-corrected chi connectivity index (χ4v) is 4.27. The average molecular weight is 333 g/mol. The Morgan fingerprint density at radius 3 is 2.90 bits per heavy atom. The standard InChI is InChI=1S/C13H17ClN2O4S/c1-20-6-5-16(10-3-7-21(18,19)9-10)13(17)11-8-15-4-2-12(11)14/h2,4,8,10H,3,5-7,9H2,1H3. The number of rotatable bonds is 5. The summed E-state index contributed by atoms with van der Waals surface area (Å²) in [6.45, 7) is 0.654. The smallest absolute Gasteiger partial charge is 0.257 e. The molecule has 1 unspecified atom stereocenters. The molecule has 1 amide bonds. The van der Waals surface area contributed by atoms with Gasteiger partial charge in [-0.2, -0.15) is 0 Å². The molecule has 116 valence electrons. The summed E-state index contributed by atoms with van der Waals surface area (Å²) in [6.07, 6.45) is 3.34. The highest BCUT2D eigenvalue weighted by Gasteiger charge is 2.35. The van der Waals surface area contributed by atoms with E-state index in [4.69, 9.17) is 16.3 Å². The fourth-order valence-electron chi connectivity index (χ4n) is 2.35. The van der Waals surface area contributed by atoms with Crippen LogP contribution in [0.25, 0.3) is 0 Å². The first-order chi connectivity index (χ1) is 9.94. The summed E-state index contributed by atoms with van der Waals surface area (Å²) in [6, 6.07) is 1.20. The SMILES string of the molecule is COCCN(C(=O)c1cnccc1Cl)C1CCS(=O)(=O)C1. The van der Waals surface area contributed by atoms with Gasteiger partial charge in [0.2, 0.25) is 0 Å². The van der Waals surface area contributed by atoms with Gasteiger partial charge in [-0.25, -0.2) is 8.42 Å². The minimum Gasteiger partial charge on any atom is -0.383 e. The molecule has 0 saturated carbocycles. The largest absolute Gasteiger partial charge is 0.383 e. The Labute approximate surface area is 129 Å². The van der Waals surface area contributed by atoms with Crippen molar-refractivity contribution in [3.63, 3.8) is 0 Å². The molecule has 1 saturated heterocycles. The van der Waals surface area contributed by atoms with Crippen molar-refractivity contribution in [2.75, 3.05) is 31.8 Å².